The lowest BCUT2D eigenvalue weighted by Gasteiger charge is -2.19. The maximum absolute atomic E-state index is 13.0. The van der Waals surface area contributed by atoms with Crippen LogP contribution in [-0.4, -0.2) is 16.0 Å². The minimum Gasteiger partial charge on any atom is -0.327 e. The Bertz CT molecular complexity index is 1180. The zero-order valence-corrected chi connectivity index (χ0v) is 16.7. The number of nitrogens with zero attached hydrogens (tertiary/aromatic N) is 2. The molecule has 2 N–H and O–H groups in total. The molecule has 5 nitrogen and oxygen atoms in total. The highest BCUT2D eigenvalue weighted by atomic mass is 16.2. The molecule has 30 heavy (non-hydrogen) atoms. The van der Waals surface area contributed by atoms with E-state index in [2.05, 4.69) is 51.0 Å². The fourth-order valence-electron chi connectivity index (χ4n) is 4.26. The Hall–Kier alpha value is -3.73. The molecule has 2 aliphatic rings. The standard InChI is InChI=1S/C25H22N4O/c1-16-26-15-22(23(27-16)17-9-3-2-4-10-17)28-25(30)29-24-20-13-7-5-11-18(20)19-12-6-8-14-21(19)24/h2-5,7-11,13-15,24H,6,12H2,1H3,(H2,28,29,30). The van der Waals surface area contributed by atoms with Crippen molar-refractivity contribution < 1.29 is 4.79 Å². The molecule has 1 atom stereocenters. The van der Waals surface area contributed by atoms with E-state index < -0.39 is 0 Å². The van der Waals surface area contributed by atoms with Crippen LogP contribution in [0.5, 0.6) is 0 Å². The van der Waals surface area contributed by atoms with Crippen LogP contribution in [0.1, 0.15) is 35.8 Å². The Morgan fingerprint density at radius 2 is 1.87 bits per heavy atom. The number of carbonyl (C=O) groups excluding carboxylic acids is 1. The number of aryl methyl sites for hydroxylation is 1. The molecule has 5 heteroatoms. The first-order valence-corrected chi connectivity index (χ1v) is 10.2. The number of benzene rings is 2. The van der Waals surface area contributed by atoms with Crippen molar-refractivity contribution in [3.05, 3.63) is 95.5 Å². The lowest BCUT2D eigenvalue weighted by atomic mass is 9.96. The highest BCUT2D eigenvalue weighted by molar-refractivity contribution is 5.94. The minimum absolute atomic E-state index is 0.153. The number of allylic oxidation sites excluding steroid dienone is 2. The number of hydrogen-bond acceptors (Lipinski definition) is 3. The maximum atomic E-state index is 13.0. The average molecular weight is 394 g/mol. The predicted molar refractivity (Wildman–Crippen MR) is 119 cm³/mol. The zero-order valence-electron chi connectivity index (χ0n) is 16.7. The Balaban J connectivity index is 1.43. The summed E-state index contributed by atoms with van der Waals surface area (Å²) >= 11 is 0. The number of amides is 2. The fraction of sp³-hybridized carbons (Fsp3) is 0.160. The van der Waals surface area contributed by atoms with Crippen molar-refractivity contribution in [2.45, 2.75) is 25.8 Å². The molecule has 5 rings (SSSR count). The van der Waals surface area contributed by atoms with Crippen molar-refractivity contribution >= 4 is 17.3 Å². The van der Waals surface area contributed by atoms with E-state index in [1.807, 2.05) is 43.3 Å². The van der Waals surface area contributed by atoms with Crippen LogP contribution in [0.2, 0.25) is 0 Å². The molecule has 3 aromatic rings. The van der Waals surface area contributed by atoms with Gasteiger partial charge in [-0.2, -0.15) is 0 Å². The molecule has 2 aliphatic carbocycles. The van der Waals surface area contributed by atoms with E-state index in [4.69, 9.17) is 0 Å². The van der Waals surface area contributed by atoms with Gasteiger partial charge in [-0.15, -0.1) is 0 Å². The van der Waals surface area contributed by atoms with Crippen LogP contribution < -0.4 is 10.6 Å². The topological polar surface area (TPSA) is 66.9 Å². The van der Waals surface area contributed by atoms with Crippen molar-refractivity contribution in [1.29, 1.82) is 0 Å². The minimum atomic E-state index is -0.271. The summed E-state index contributed by atoms with van der Waals surface area (Å²) in [5, 5.41) is 6.13. The number of fused-ring (bicyclic) bond motifs is 2. The van der Waals surface area contributed by atoms with Crippen LogP contribution in [-0.2, 0) is 0 Å². The molecule has 1 heterocycles. The van der Waals surface area contributed by atoms with Crippen molar-refractivity contribution in [3.8, 4) is 11.3 Å². The third-order valence-corrected chi connectivity index (χ3v) is 5.59. The average Bonchev–Trinajstić information content (AvgIpc) is 3.09. The molecule has 0 aliphatic heterocycles. The van der Waals surface area contributed by atoms with Crippen LogP contribution in [0, 0.1) is 6.92 Å². The summed E-state index contributed by atoms with van der Waals surface area (Å²) in [7, 11) is 0. The molecule has 0 saturated heterocycles. The number of carbonyl (C=O) groups is 1. The van der Waals surface area contributed by atoms with Gasteiger partial charge in [-0.25, -0.2) is 14.8 Å². The third kappa shape index (κ3) is 3.28. The molecule has 1 unspecified atom stereocenters. The Labute approximate surface area is 175 Å². The van der Waals surface area contributed by atoms with Gasteiger partial charge in [0.25, 0.3) is 0 Å². The van der Waals surface area contributed by atoms with Gasteiger partial charge in [0, 0.05) is 5.56 Å². The molecule has 148 valence electrons. The third-order valence-electron chi connectivity index (χ3n) is 5.59. The second-order valence-corrected chi connectivity index (χ2v) is 7.54. The first kappa shape index (κ1) is 18.3. The highest BCUT2D eigenvalue weighted by Gasteiger charge is 2.31. The van der Waals surface area contributed by atoms with Crippen LogP contribution >= 0.6 is 0 Å². The Morgan fingerprint density at radius 3 is 2.73 bits per heavy atom. The summed E-state index contributed by atoms with van der Waals surface area (Å²) in [5.74, 6) is 0.659. The summed E-state index contributed by atoms with van der Waals surface area (Å²) in [6.45, 7) is 1.84. The molecule has 0 spiro atoms. The van der Waals surface area contributed by atoms with E-state index in [1.54, 1.807) is 6.20 Å². The molecule has 1 aromatic heterocycles. The summed E-state index contributed by atoms with van der Waals surface area (Å²) in [6.07, 6.45) is 8.03. The number of aromatic nitrogens is 2. The van der Waals surface area contributed by atoms with Gasteiger partial charge in [0.15, 0.2) is 0 Å². The SMILES string of the molecule is Cc1ncc(NC(=O)NC2C3=C(CCC=C3)c3ccccc32)c(-c2ccccc2)n1. The molecular weight excluding hydrogens is 372 g/mol. The molecule has 0 fully saturated rings. The van der Waals surface area contributed by atoms with E-state index in [0.717, 1.165) is 24.0 Å². The second-order valence-electron chi connectivity index (χ2n) is 7.54. The molecular formula is C25H22N4O. The largest absolute Gasteiger partial charge is 0.327 e. The first-order valence-electron chi connectivity index (χ1n) is 10.2. The zero-order chi connectivity index (χ0) is 20.5. The van der Waals surface area contributed by atoms with Crippen molar-refractivity contribution in [3.63, 3.8) is 0 Å². The molecule has 0 radical (unpaired) electrons. The van der Waals surface area contributed by atoms with E-state index in [1.165, 1.54) is 16.7 Å². The van der Waals surface area contributed by atoms with Gasteiger partial charge in [0.2, 0.25) is 0 Å². The summed E-state index contributed by atoms with van der Waals surface area (Å²) in [5.41, 5.74) is 7.14. The summed E-state index contributed by atoms with van der Waals surface area (Å²) in [4.78, 5) is 21.8. The van der Waals surface area contributed by atoms with Gasteiger partial charge in [0.05, 0.1) is 23.6 Å². The summed E-state index contributed by atoms with van der Waals surface area (Å²) < 4.78 is 0. The molecule has 0 saturated carbocycles. The van der Waals surface area contributed by atoms with Gasteiger partial charge in [-0.3, -0.25) is 0 Å². The van der Waals surface area contributed by atoms with Gasteiger partial charge in [-0.05, 0) is 42.0 Å². The second kappa shape index (κ2) is 7.59. The predicted octanol–water partition coefficient (Wildman–Crippen LogP) is 5.43. The van der Waals surface area contributed by atoms with Crippen molar-refractivity contribution in [1.82, 2.24) is 15.3 Å². The van der Waals surface area contributed by atoms with Gasteiger partial charge in [-0.1, -0.05) is 66.7 Å². The molecule has 0 bridgehead atoms. The number of hydrogen-bond donors (Lipinski definition) is 2. The lowest BCUT2D eigenvalue weighted by Crippen LogP contribution is -2.33. The molecule has 2 aromatic carbocycles. The number of anilines is 1. The van der Waals surface area contributed by atoms with Crippen LogP contribution in [0.3, 0.4) is 0 Å². The van der Waals surface area contributed by atoms with E-state index in [-0.39, 0.29) is 12.1 Å². The van der Waals surface area contributed by atoms with Gasteiger partial charge in [0.1, 0.15) is 5.82 Å². The van der Waals surface area contributed by atoms with E-state index in [0.29, 0.717) is 17.2 Å². The Morgan fingerprint density at radius 1 is 1.07 bits per heavy atom. The number of rotatable bonds is 3. The smallest absolute Gasteiger partial charge is 0.320 e. The quantitative estimate of drug-likeness (QED) is 0.622. The van der Waals surface area contributed by atoms with Crippen LogP contribution in [0.4, 0.5) is 10.5 Å². The van der Waals surface area contributed by atoms with Crippen molar-refractivity contribution in [2.75, 3.05) is 5.32 Å². The van der Waals surface area contributed by atoms with Gasteiger partial charge < -0.3 is 10.6 Å². The Kier molecular flexibility index (Phi) is 4.64. The summed E-state index contributed by atoms with van der Waals surface area (Å²) in [6, 6.07) is 17.7. The highest BCUT2D eigenvalue weighted by Crippen LogP contribution is 2.44. The van der Waals surface area contributed by atoms with Crippen molar-refractivity contribution in [2.24, 2.45) is 0 Å². The van der Waals surface area contributed by atoms with Crippen LogP contribution in [0.15, 0.2) is 78.5 Å². The fourth-order valence-corrected chi connectivity index (χ4v) is 4.26. The molecule has 2 amide bonds. The van der Waals surface area contributed by atoms with E-state index >= 15 is 0 Å². The van der Waals surface area contributed by atoms with Gasteiger partial charge >= 0.3 is 6.03 Å². The number of nitrogens with one attached hydrogen (secondary N) is 2. The first-order chi connectivity index (χ1) is 14.7. The maximum Gasteiger partial charge on any atom is 0.320 e. The monoisotopic (exact) mass is 394 g/mol. The van der Waals surface area contributed by atoms with E-state index in [9.17, 15) is 4.79 Å². The lowest BCUT2D eigenvalue weighted by molar-refractivity contribution is 0.250. The normalized spacial score (nSPS) is 16.8. The van der Waals surface area contributed by atoms with Crippen LogP contribution in [0.25, 0.3) is 16.8 Å². The number of urea groups is 1.